The molecular weight excluding hydrogens is 348 g/mol. The van der Waals surface area contributed by atoms with Crippen LogP contribution in [-0.2, 0) is 10.0 Å². The Bertz CT molecular complexity index is 732. The van der Waals surface area contributed by atoms with E-state index in [9.17, 15) is 8.42 Å². The molecule has 1 aliphatic rings. The number of piperidine rings is 1. The Morgan fingerprint density at radius 2 is 1.88 bits per heavy atom. The highest BCUT2D eigenvalue weighted by atomic mass is 35.5. The van der Waals surface area contributed by atoms with Gasteiger partial charge in [-0.2, -0.15) is 0 Å². The van der Waals surface area contributed by atoms with Gasteiger partial charge in [0, 0.05) is 12.1 Å². The van der Waals surface area contributed by atoms with E-state index in [1.165, 1.54) is 12.4 Å². The molecule has 0 spiro atoms. The van der Waals surface area contributed by atoms with Gasteiger partial charge in [0.1, 0.15) is 4.90 Å². The number of nitrogens with one attached hydrogen (secondary N) is 2. The first kappa shape index (κ1) is 18.8. The molecule has 1 aromatic heterocycles. The predicted molar refractivity (Wildman–Crippen MR) is 95.5 cm³/mol. The van der Waals surface area contributed by atoms with Gasteiger partial charge < -0.3 is 5.32 Å². The number of sulfonamides is 1. The SMILES string of the molecule is Cl.O=S(=O)(NCC1CCCNC1)c1cnc(-c2ccccc2)nc1. The summed E-state index contributed by atoms with van der Waals surface area (Å²) in [6, 6.07) is 9.47. The second kappa shape index (κ2) is 8.53. The second-order valence-corrected chi connectivity index (χ2v) is 7.44. The molecule has 8 heteroatoms. The van der Waals surface area contributed by atoms with Crippen LogP contribution >= 0.6 is 12.4 Å². The van der Waals surface area contributed by atoms with Gasteiger partial charge in [0.2, 0.25) is 10.0 Å². The minimum atomic E-state index is -3.56. The highest BCUT2D eigenvalue weighted by Crippen LogP contribution is 2.15. The van der Waals surface area contributed by atoms with E-state index in [2.05, 4.69) is 20.0 Å². The minimum absolute atomic E-state index is 0. The third-order valence-corrected chi connectivity index (χ3v) is 5.31. The summed E-state index contributed by atoms with van der Waals surface area (Å²) in [6.07, 6.45) is 4.84. The smallest absolute Gasteiger partial charge is 0.243 e. The van der Waals surface area contributed by atoms with Crippen molar-refractivity contribution in [1.29, 1.82) is 0 Å². The minimum Gasteiger partial charge on any atom is -0.316 e. The molecule has 0 aliphatic carbocycles. The summed E-state index contributed by atoms with van der Waals surface area (Å²) in [6.45, 7) is 2.31. The van der Waals surface area contributed by atoms with E-state index in [-0.39, 0.29) is 17.3 Å². The van der Waals surface area contributed by atoms with Crippen molar-refractivity contribution in [3.8, 4) is 11.4 Å². The lowest BCUT2D eigenvalue weighted by Gasteiger charge is -2.22. The summed E-state index contributed by atoms with van der Waals surface area (Å²) in [7, 11) is -3.56. The summed E-state index contributed by atoms with van der Waals surface area (Å²) in [5.74, 6) is 0.851. The van der Waals surface area contributed by atoms with Crippen molar-refractivity contribution in [1.82, 2.24) is 20.0 Å². The maximum Gasteiger partial charge on any atom is 0.243 e. The fraction of sp³-hybridized carbons (Fsp3) is 0.375. The molecule has 3 rings (SSSR count). The van der Waals surface area contributed by atoms with Crippen LogP contribution in [0.2, 0.25) is 0 Å². The van der Waals surface area contributed by atoms with Gasteiger partial charge in [-0.05, 0) is 31.8 Å². The van der Waals surface area contributed by atoms with Gasteiger partial charge in [-0.3, -0.25) is 0 Å². The molecule has 24 heavy (non-hydrogen) atoms. The summed E-state index contributed by atoms with van der Waals surface area (Å²) < 4.78 is 27.3. The largest absolute Gasteiger partial charge is 0.316 e. The molecule has 1 fully saturated rings. The van der Waals surface area contributed by atoms with Crippen molar-refractivity contribution >= 4 is 22.4 Å². The molecule has 1 atom stereocenters. The van der Waals surface area contributed by atoms with E-state index in [1.807, 2.05) is 30.3 Å². The number of nitrogens with zero attached hydrogens (tertiary/aromatic N) is 2. The van der Waals surface area contributed by atoms with Crippen molar-refractivity contribution in [2.75, 3.05) is 19.6 Å². The molecule has 1 aromatic carbocycles. The molecule has 0 amide bonds. The van der Waals surface area contributed by atoms with Crippen LogP contribution in [0, 0.1) is 5.92 Å². The zero-order valence-electron chi connectivity index (χ0n) is 13.2. The van der Waals surface area contributed by atoms with E-state index in [4.69, 9.17) is 0 Å². The fourth-order valence-corrected chi connectivity index (χ4v) is 3.61. The molecule has 2 heterocycles. The Morgan fingerprint density at radius 3 is 2.50 bits per heavy atom. The quantitative estimate of drug-likeness (QED) is 0.841. The van der Waals surface area contributed by atoms with Gasteiger partial charge in [-0.1, -0.05) is 30.3 Å². The molecule has 1 unspecified atom stereocenters. The van der Waals surface area contributed by atoms with Crippen LogP contribution in [0.3, 0.4) is 0 Å². The molecule has 2 N–H and O–H groups in total. The lowest BCUT2D eigenvalue weighted by atomic mass is 10.0. The van der Waals surface area contributed by atoms with E-state index in [1.54, 1.807) is 0 Å². The summed E-state index contributed by atoms with van der Waals surface area (Å²) in [5, 5.41) is 3.28. The monoisotopic (exact) mass is 368 g/mol. The first-order valence-corrected chi connectivity index (χ1v) is 9.21. The highest BCUT2D eigenvalue weighted by molar-refractivity contribution is 7.89. The number of halogens is 1. The van der Waals surface area contributed by atoms with Crippen LogP contribution in [0.1, 0.15) is 12.8 Å². The first-order chi connectivity index (χ1) is 11.1. The number of benzene rings is 1. The normalized spacial score (nSPS) is 17.9. The molecule has 6 nitrogen and oxygen atoms in total. The fourth-order valence-electron chi connectivity index (χ4n) is 2.60. The van der Waals surface area contributed by atoms with Crippen LogP contribution in [0.4, 0.5) is 0 Å². The van der Waals surface area contributed by atoms with Crippen LogP contribution in [-0.4, -0.2) is 38.0 Å². The van der Waals surface area contributed by atoms with Crippen LogP contribution < -0.4 is 10.0 Å². The average Bonchev–Trinajstić information content (AvgIpc) is 2.62. The molecule has 0 bridgehead atoms. The lowest BCUT2D eigenvalue weighted by molar-refractivity contribution is 0.376. The Balaban J connectivity index is 0.00000208. The topological polar surface area (TPSA) is 84.0 Å². The van der Waals surface area contributed by atoms with E-state index in [0.717, 1.165) is 31.5 Å². The average molecular weight is 369 g/mol. The molecular formula is C16H21ClN4O2S. The third kappa shape index (κ3) is 4.73. The van der Waals surface area contributed by atoms with E-state index < -0.39 is 10.0 Å². The summed E-state index contributed by atoms with van der Waals surface area (Å²) in [5.41, 5.74) is 0.859. The van der Waals surface area contributed by atoms with Gasteiger partial charge in [-0.25, -0.2) is 23.1 Å². The number of hydrogen-bond acceptors (Lipinski definition) is 5. The molecule has 1 aliphatic heterocycles. The van der Waals surface area contributed by atoms with Crippen molar-refractivity contribution in [3.63, 3.8) is 0 Å². The first-order valence-electron chi connectivity index (χ1n) is 7.73. The Morgan fingerprint density at radius 1 is 1.17 bits per heavy atom. The van der Waals surface area contributed by atoms with Gasteiger partial charge in [0.25, 0.3) is 0 Å². The van der Waals surface area contributed by atoms with Crippen molar-refractivity contribution in [2.45, 2.75) is 17.7 Å². The lowest BCUT2D eigenvalue weighted by Crippen LogP contribution is -2.38. The molecule has 0 radical (unpaired) electrons. The van der Waals surface area contributed by atoms with Gasteiger partial charge in [0.15, 0.2) is 5.82 Å². The van der Waals surface area contributed by atoms with E-state index in [0.29, 0.717) is 18.3 Å². The van der Waals surface area contributed by atoms with Crippen molar-refractivity contribution in [3.05, 3.63) is 42.7 Å². The van der Waals surface area contributed by atoms with Gasteiger partial charge in [-0.15, -0.1) is 12.4 Å². The Labute approximate surface area is 148 Å². The van der Waals surface area contributed by atoms with Gasteiger partial charge >= 0.3 is 0 Å². The van der Waals surface area contributed by atoms with Crippen molar-refractivity contribution in [2.24, 2.45) is 5.92 Å². The number of aromatic nitrogens is 2. The van der Waals surface area contributed by atoms with Crippen LogP contribution in [0.15, 0.2) is 47.6 Å². The second-order valence-electron chi connectivity index (χ2n) is 5.67. The van der Waals surface area contributed by atoms with Crippen LogP contribution in [0.5, 0.6) is 0 Å². The molecule has 1 saturated heterocycles. The zero-order valence-corrected chi connectivity index (χ0v) is 14.8. The van der Waals surface area contributed by atoms with Crippen molar-refractivity contribution < 1.29 is 8.42 Å². The standard InChI is InChI=1S/C16H20N4O2S.ClH/c21-23(22,20-10-13-5-4-8-17-9-13)15-11-18-16(19-12-15)14-6-2-1-3-7-14;/h1-3,6-7,11-13,17,20H,4-5,8-10H2;1H. The highest BCUT2D eigenvalue weighted by Gasteiger charge is 2.19. The Kier molecular flexibility index (Phi) is 6.68. The van der Waals surface area contributed by atoms with Crippen LogP contribution in [0.25, 0.3) is 11.4 Å². The zero-order chi connectivity index (χ0) is 16.1. The Hall–Kier alpha value is -1.54. The predicted octanol–water partition coefficient (Wildman–Crippen LogP) is 1.84. The van der Waals surface area contributed by atoms with E-state index >= 15 is 0 Å². The maximum atomic E-state index is 12.3. The molecule has 0 saturated carbocycles. The maximum absolute atomic E-state index is 12.3. The van der Waals surface area contributed by atoms with Gasteiger partial charge in [0.05, 0.1) is 12.4 Å². The number of hydrogen-bond donors (Lipinski definition) is 2. The third-order valence-electron chi connectivity index (χ3n) is 3.93. The summed E-state index contributed by atoms with van der Waals surface area (Å²) in [4.78, 5) is 8.43. The molecule has 130 valence electrons. The number of rotatable bonds is 5. The molecule has 2 aromatic rings. The summed E-state index contributed by atoms with van der Waals surface area (Å²) >= 11 is 0.